The maximum absolute atomic E-state index is 12.2. The lowest BCUT2D eigenvalue weighted by Gasteiger charge is -2.10. The van der Waals surface area contributed by atoms with E-state index in [1.807, 2.05) is 78.9 Å². The monoisotopic (exact) mass is 385 g/mol. The zero-order chi connectivity index (χ0) is 20.1. The van der Waals surface area contributed by atoms with Crippen LogP contribution in [0.15, 0.2) is 84.9 Å². The summed E-state index contributed by atoms with van der Waals surface area (Å²) in [7, 11) is 0. The van der Waals surface area contributed by atoms with Crippen molar-refractivity contribution in [1.82, 2.24) is 0 Å². The molecule has 0 unspecified atom stereocenters. The molecule has 0 saturated carbocycles. The van der Waals surface area contributed by atoms with Gasteiger partial charge in [-0.2, -0.15) is 0 Å². The SMILES string of the molecule is O=C(COC(=O)COc1ccc2ccccc2c1)Nc1cccc2ccccc12. The lowest BCUT2D eigenvalue weighted by Crippen LogP contribution is -2.23. The molecule has 0 radical (unpaired) electrons. The first-order chi connectivity index (χ1) is 14.2. The number of esters is 1. The average Bonchev–Trinajstić information content (AvgIpc) is 2.76. The highest BCUT2D eigenvalue weighted by atomic mass is 16.6. The number of rotatable bonds is 6. The summed E-state index contributed by atoms with van der Waals surface area (Å²) >= 11 is 0. The Hall–Kier alpha value is -3.86. The molecule has 0 bridgehead atoms. The third-order valence-electron chi connectivity index (χ3n) is 4.51. The molecule has 4 aromatic rings. The normalized spacial score (nSPS) is 10.6. The van der Waals surface area contributed by atoms with Crippen molar-refractivity contribution in [2.24, 2.45) is 0 Å². The van der Waals surface area contributed by atoms with Crippen molar-refractivity contribution in [1.29, 1.82) is 0 Å². The van der Waals surface area contributed by atoms with E-state index < -0.39 is 11.9 Å². The summed E-state index contributed by atoms with van der Waals surface area (Å²) in [5.41, 5.74) is 0.677. The smallest absolute Gasteiger partial charge is 0.344 e. The predicted octanol–water partition coefficient (Wildman–Crippen LogP) is 4.55. The number of ether oxygens (including phenoxy) is 2. The lowest BCUT2D eigenvalue weighted by atomic mass is 10.1. The quantitative estimate of drug-likeness (QED) is 0.495. The van der Waals surface area contributed by atoms with Gasteiger partial charge in [-0.1, -0.05) is 66.7 Å². The molecular formula is C24H19NO4. The van der Waals surface area contributed by atoms with E-state index in [0.29, 0.717) is 11.4 Å². The maximum atomic E-state index is 12.2. The van der Waals surface area contributed by atoms with Gasteiger partial charge in [0.1, 0.15) is 5.75 Å². The number of carbonyl (C=O) groups excluding carboxylic acids is 2. The van der Waals surface area contributed by atoms with E-state index in [9.17, 15) is 9.59 Å². The third-order valence-corrected chi connectivity index (χ3v) is 4.51. The van der Waals surface area contributed by atoms with E-state index in [1.165, 1.54) is 0 Å². The van der Waals surface area contributed by atoms with Crippen LogP contribution in [0.5, 0.6) is 5.75 Å². The highest BCUT2D eigenvalue weighted by Crippen LogP contribution is 2.23. The van der Waals surface area contributed by atoms with E-state index in [-0.39, 0.29) is 13.2 Å². The van der Waals surface area contributed by atoms with E-state index in [2.05, 4.69) is 5.32 Å². The Balaban J connectivity index is 1.29. The molecule has 0 atom stereocenters. The standard InChI is InChI=1S/C24H19NO4/c26-23(25-22-11-5-9-18-7-3-4-10-21(18)22)15-29-24(27)16-28-20-13-12-17-6-1-2-8-19(17)14-20/h1-14H,15-16H2,(H,25,26). The largest absolute Gasteiger partial charge is 0.482 e. The van der Waals surface area contributed by atoms with Gasteiger partial charge in [-0.15, -0.1) is 0 Å². The fourth-order valence-electron chi connectivity index (χ4n) is 3.11. The van der Waals surface area contributed by atoms with Gasteiger partial charge in [0.15, 0.2) is 13.2 Å². The van der Waals surface area contributed by atoms with E-state index in [4.69, 9.17) is 9.47 Å². The molecule has 0 aliphatic rings. The molecule has 4 rings (SSSR count). The number of anilines is 1. The summed E-state index contributed by atoms with van der Waals surface area (Å²) in [4.78, 5) is 24.1. The molecule has 0 aliphatic heterocycles. The molecule has 0 heterocycles. The van der Waals surface area contributed by atoms with E-state index in [1.54, 1.807) is 6.07 Å². The van der Waals surface area contributed by atoms with Gasteiger partial charge in [-0.05, 0) is 34.4 Å². The Labute approximate surface area is 167 Å². The number of nitrogens with one attached hydrogen (secondary N) is 1. The highest BCUT2D eigenvalue weighted by molar-refractivity contribution is 6.02. The predicted molar refractivity (Wildman–Crippen MR) is 113 cm³/mol. The Morgan fingerprint density at radius 1 is 0.724 bits per heavy atom. The van der Waals surface area contributed by atoms with Crippen molar-refractivity contribution in [3.8, 4) is 5.75 Å². The average molecular weight is 385 g/mol. The van der Waals surface area contributed by atoms with Crippen LogP contribution < -0.4 is 10.1 Å². The number of benzene rings is 4. The number of fused-ring (bicyclic) bond motifs is 2. The summed E-state index contributed by atoms with van der Waals surface area (Å²) in [6.07, 6.45) is 0. The first kappa shape index (κ1) is 18.5. The molecule has 0 saturated heterocycles. The summed E-state index contributed by atoms with van der Waals surface area (Å²) in [5, 5.41) is 6.83. The van der Waals surface area contributed by atoms with Crippen LogP contribution in [0.25, 0.3) is 21.5 Å². The zero-order valence-corrected chi connectivity index (χ0v) is 15.6. The van der Waals surface area contributed by atoms with Crippen LogP contribution in [0.4, 0.5) is 5.69 Å². The first-order valence-electron chi connectivity index (χ1n) is 9.24. The van der Waals surface area contributed by atoms with Crippen LogP contribution >= 0.6 is 0 Å². The fourth-order valence-corrected chi connectivity index (χ4v) is 3.11. The molecule has 4 aromatic carbocycles. The number of carbonyl (C=O) groups is 2. The summed E-state index contributed by atoms with van der Waals surface area (Å²) in [6.45, 7) is -0.636. The Kier molecular flexibility index (Phi) is 5.38. The number of hydrogen-bond acceptors (Lipinski definition) is 4. The molecule has 0 spiro atoms. The maximum Gasteiger partial charge on any atom is 0.344 e. The van der Waals surface area contributed by atoms with Gasteiger partial charge in [0.25, 0.3) is 5.91 Å². The zero-order valence-electron chi connectivity index (χ0n) is 15.6. The minimum atomic E-state index is -0.605. The molecule has 1 amide bonds. The first-order valence-corrected chi connectivity index (χ1v) is 9.24. The van der Waals surface area contributed by atoms with Crippen molar-refractivity contribution in [3.63, 3.8) is 0 Å². The topological polar surface area (TPSA) is 64.6 Å². The van der Waals surface area contributed by atoms with Crippen LogP contribution in [0.1, 0.15) is 0 Å². The van der Waals surface area contributed by atoms with E-state index >= 15 is 0 Å². The molecule has 5 heteroatoms. The van der Waals surface area contributed by atoms with Crippen molar-refractivity contribution >= 4 is 39.1 Å². The molecular weight excluding hydrogens is 366 g/mol. The second-order valence-electron chi connectivity index (χ2n) is 6.53. The van der Waals surface area contributed by atoms with Crippen LogP contribution in [-0.2, 0) is 14.3 Å². The van der Waals surface area contributed by atoms with Crippen molar-refractivity contribution in [2.75, 3.05) is 18.5 Å². The molecule has 1 N–H and O–H groups in total. The van der Waals surface area contributed by atoms with Crippen LogP contribution in [0.2, 0.25) is 0 Å². The summed E-state index contributed by atoms with van der Waals surface area (Å²) in [5.74, 6) is -0.438. The van der Waals surface area contributed by atoms with Crippen molar-refractivity contribution < 1.29 is 19.1 Å². The van der Waals surface area contributed by atoms with Crippen LogP contribution in [0, 0.1) is 0 Å². The van der Waals surface area contributed by atoms with Gasteiger partial charge in [-0.3, -0.25) is 4.79 Å². The van der Waals surface area contributed by atoms with Crippen molar-refractivity contribution in [3.05, 3.63) is 84.9 Å². The highest BCUT2D eigenvalue weighted by Gasteiger charge is 2.10. The Morgan fingerprint density at radius 2 is 1.45 bits per heavy atom. The minimum absolute atomic E-state index is 0.264. The van der Waals surface area contributed by atoms with Gasteiger partial charge in [-0.25, -0.2) is 4.79 Å². The molecule has 144 valence electrons. The van der Waals surface area contributed by atoms with Gasteiger partial charge >= 0.3 is 5.97 Å². The second kappa shape index (κ2) is 8.44. The molecule has 5 nitrogen and oxygen atoms in total. The van der Waals surface area contributed by atoms with Gasteiger partial charge < -0.3 is 14.8 Å². The fraction of sp³-hybridized carbons (Fsp3) is 0.0833. The van der Waals surface area contributed by atoms with E-state index in [0.717, 1.165) is 21.5 Å². The van der Waals surface area contributed by atoms with Gasteiger partial charge in [0.2, 0.25) is 0 Å². The Morgan fingerprint density at radius 3 is 2.31 bits per heavy atom. The molecule has 29 heavy (non-hydrogen) atoms. The summed E-state index contributed by atoms with van der Waals surface area (Å²) < 4.78 is 10.5. The second-order valence-corrected chi connectivity index (χ2v) is 6.53. The van der Waals surface area contributed by atoms with Crippen LogP contribution in [-0.4, -0.2) is 25.1 Å². The molecule has 0 aromatic heterocycles. The number of amides is 1. The van der Waals surface area contributed by atoms with Crippen LogP contribution in [0.3, 0.4) is 0 Å². The van der Waals surface area contributed by atoms with Crippen molar-refractivity contribution in [2.45, 2.75) is 0 Å². The summed E-state index contributed by atoms with van der Waals surface area (Å²) in [6, 6.07) is 26.8. The lowest BCUT2D eigenvalue weighted by molar-refractivity contribution is -0.149. The molecule has 0 aliphatic carbocycles. The number of hydrogen-bond donors (Lipinski definition) is 1. The van der Waals surface area contributed by atoms with Gasteiger partial charge in [0.05, 0.1) is 0 Å². The molecule has 0 fully saturated rings. The minimum Gasteiger partial charge on any atom is -0.482 e. The third kappa shape index (κ3) is 4.52. The van der Waals surface area contributed by atoms with Gasteiger partial charge in [0, 0.05) is 11.1 Å². The Bertz CT molecular complexity index is 1180.